The second-order valence-corrected chi connectivity index (χ2v) is 5.36. The maximum absolute atomic E-state index is 5.97. The van der Waals surface area contributed by atoms with Gasteiger partial charge in [-0.25, -0.2) is 0 Å². The van der Waals surface area contributed by atoms with Crippen LogP contribution in [0.5, 0.6) is 0 Å². The minimum Gasteiger partial charge on any atom is -0.381 e. The highest BCUT2D eigenvalue weighted by atomic mass is 35.5. The molecule has 17 heavy (non-hydrogen) atoms. The molecule has 1 aliphatic rings. The summed E-state index contributed by atoms with van der Waals surface area (Å²) in [6.07, 6.45) is 3.76. The van der Waals surface area contributed by atoms with Crippen molar-refractivity contribution >= 4 is 11.6 Å². The lowest BCUT2D eigenvalue weighted by atomic mass is 9.88. The van der Waals surface area contributed by atoms with Gasteiger partial charge in [0, 0.05) is 24.2 Å². The van der Waals surface area contributed by atoms with Crippen LogP contribution in [0.3, 0.4) is 0 Å². The number of methoxy groups -OCH3 is 1. The summed E-state index contributed by atoms with van der Waals surface area (Å²) < 4.78 is 5.27. The number of hydrogen-bond donors (Lipinski definition) is 1. The first-order valence-electron chi connectivity index (χ1n) is 6.20. The van der Waals surface area contributed by atoms with Crippen molar-refractivity contribution in [3.63, 3.8) is 0 Å². The maximum Gasteiger partial charge on any atom is 0.0601 e. The van der Waals surface area contributed by atoms with E-state index in [4.69, 9.17) is 16.3 Å². The third-order valence-electron chi connectivity index (χ3n) is 3.38. The fourth-order valence-electron chi connectivity index (χ4n) is 2.37. The highest BCUT2D eigenvalue weighted by Gasteiger charge is 2.29. The van der Waals surface area contributed by atoms with Gasteiger partial charge in [0.15, 0.2) is 0 Å². The second-order valence-electron chi connectivity index (χ2n) is 4.93. The van der Waals surface area contributed by atoms with E-state index in [1.807, 2.05) is 18.2 Å². The van der Waals surface area contributed by atoms with Gasteiger partial charge in [0.05, 0.1) is 6.10 Å². The summed E-state index contributed by atoms with van der Waals surface area (Å²) in [7, 11) is 1.79. The van der Waals surface area contributed by atoms with Crippen molar-refractivity contribution in [3.8, 4) is 0 Å². The normalized spacial score (nSPS) is 25.4. The molecule has 3 heteroatoms. The van der Waals surface area contributed by atoms with E-state index >= 15 is 0 Å². The number of halogens is 1. The Kier molecular flexibility index (Phi) is 4.43. The van der Waals surface area contributed by atoms with Gasteiger partial charge in [0.2, 0.25) is 0 Å². The average Bonchev–Trinajstić information content (AvgIpc) is 2.22. The van der Waals surface area contributed by atoms with Gasteiger partial charge in [-0.2, -0.15) is 0 Å². The van der Waals surface area contributed by atoms with Crippen molar-refractivity contribution in [1.29, 1.82) is 0 Å². The molecule has 0 heterocycles. The van der Waals surface area contributed by atoms with E-state index in [0.717, 1.165) is 24.3 Å². The van der Waals surface area contributed by atoms with Crippen molar-refractivity contribution in [2.75, 3.05) is 7.11 Å². The summed E-state index contributed by atoms with van der Waals surface area (Å²) in [5.74, 6) is 0. The molecule has 1 saturated carbocycles. The van der Waals surface area contributed by atoms with Crippen LogP contribution in [0.25, 0.3) is 0 Å². The Morgan fingerprint density at radius 1 is 1.47 bits per heavy atom. The summed E-state index contributed by atoms with van der Waals surface area (Å²) in [6, 6.07) is 9.19. The molecule has 1 fully saturated rings. The van der Waals surface area contributed by atoms with Gasteiger partial charge in [-0.05, 0) is 43.9 Å². The molecule has 1 unspecified atom stereocenters. The zero-order valence-corrected chi connectivity index (χ0v) is 11.2. The molecule has 1 aliphatic carbocycles. The van der Waals surface area contributed by atoms with E-state index in [2.05, 4.69) is 18.3 Å². The minimum absolute atomic E-state index is 0.464. The minimum atomic E-state index is 0.464. The molecule has 0 bridgehead atoms. The largest absolute Gasteiger partial charge is 0.381 e. The first kappa shape index (κ1) is 12.9. The number of hydrogen-bond acceptors (Lipinski definition) is 2. The fourth-order valence-corrected chi connectivity index (χ4v) is 2.59. The number of ether oxygens (including phenoxy) is 1. The van der Waals surface area contributed by atoms with Crippen molar-refractivity contribution in [1.82, 2.24) is 5.32 Å². The molecule has 1 aromatic carbocycles. The molecule has 1 atom stereocenters. The first-order valence-corrected chi connectivity index (χ1v) is 6.58. The summed E-state index contributed by atoms with van der Waals surface area (Å²) in [5.41, 5.74) is 1.29. The molecule has 0 saturated heterocycles. The zero-order chi connectivity index (χ0) is 12.3. The molecule has 94 valence electrons. The lowest BCUT2D eigenvalue weighted by Crippen LogP contribution is -2.48. The van der Waals surface area contributed by atoms with Crippen molar-refractivity contribution in [3.05, 3.63) is 34.9 Å². The van der Waals surface area contributed by atoms with Gasteiger partial charge in [-0.15, -0.1) is 0 Å². The topological polar surface area (TPSA) is 21.3 Å². The predicted molar refractivity (Wildman–Crippen MR) is 71.6 cm³/mol. The maximum atomic E-state index is 5.97. The Morgan fingerprint density at radius 3 is 2.88 bits per heavy atom. The molecule has 2 rings (SSSR count). The van der Waals surface area contributed by atoms with Crippen molar-refractivity contribution in [2.24, 2.45) is 0 Å². The third-order valence-corrected chi connectivity index (χ3v) is 3.61. The standard InChI is InChI=1S/C14H20ClNO/c1-10(16-13-8-14(9-13)17-2)6-11-4-3-5-12(15)7-11/h3-5,7,10,13-14,16H,6,8-9H2,1-2H3. The number of benzene rings is 1. The Bertz CT molecular complexity index is 363. The molecule has 0 aliphatic heterocycles. The summed E-state index contributed by atoms with van der Waals surface area (Å²) >= 11 is 5.97. The second kappa shape index (κ2) is 5.85. The molecular weight excluding hydrogens is 234 g/mol. The molecule has 0 amide bonds. The van der Waals surface area contributed by atoms with E-state index in [0.29, 0.717) is 18.2 Å². The number of nitrogens with one attached hydrogen (secondary N) is 1. The van der Waals surface area contributed by atoms with E-state index < -0.39 is 0 Å². The van der Waals surface area contributed by atoms with Gasteiger partial charge < -0.3 is 10.1 Å². The summed E-state index contributed by atoms with van der Waals surface area (Å²) in [4.78, 5) is 0. The van der Waals surface area contributed by atoms with Crippen LogP contribution in [0.1, 0.15) is 25.3 Å². The quantitative estimate of drug-likeness (QED) is 0.871. The monoisotopic (exact) mass is 253 g/mol. The van der Waals surface area contributed by atoms with Gasteiger partial charge >= 0.3 is 0 Å². The highest BCUT2D eigenvalue weighted by Crippen LogP contribution is 2.23. The van der Waals surface area contributed by atoms with Gasteiger partial charge in [-0.3, -0.25) is 0 Å². The Balaban J connectivity index is 1.76. The predicted octanol–water partition coefficient (Wildman–Crippen LogP) is 3.04. The van der Waals surface area contributed by atoms with Crippen LogP contribution in [-0.2, 0) is 11.2 Å². The Morgan fingerprint density at radius 2 is 2.24 bits per heavy atom. The third kappa shape index (κ3) is 3.70. The summed E-state index contributed by atoms with van der Waals surface area (Å²) in [5, 5.41) is 4.44. The molecule has 2 nitrogen and oxygen atoms in total. The van der Waals surface area contributed by atoms with Gasteiger partial charge in [0.25, 0.3) is 0 Å². The lowest BCUT2D eigenvalue weighted by molar-refractivity contribution is 0.0148. The SMILES string of the molecule is COC1CC(NC(C)Cc2cccc(Cl)c2)C1. The van der Waals surface area contributed by atoms with Crippen LogP contribution in [0.15, 0.2) is 24.3 Å². The Hall–Kier alpha value is -0.570. The molecule has 1 aromatic rings. The van der Waals surface area contributed by atoms with E-state index in [9.17, 15) is 0 Å². The molecule has 1 N–H and O–H groups in total. The van der Waals surface area contributed by atoms with Crippen LogP contribution < -0.4 is 5.32 Å². The highest BCUT2D eigenvalue weighted by molar-refractivity contribution is 6.30. The van der Waals surface area contributed by atoms with Crippen LogP contribution in [0.4, 0.5) is 0 Å². The summed E-state index contributed by atoms with van der Waals surface area (Å²) in [6.45, 7) is 2.22. The lowest BCUT2D eigenvalue weighted by Gasteiger charge is -2.36. The zero-order valence-electron chi connectivity index (χ0n) is 10.4. The fraction of sp³-hybridized carbons (Fsp3) is 0.571. The van der Waals surface area contributed by atoms with Crippen molar-refractivity contribution in [2.45, 2.75) is 44.4 Å². The molecule has 0 spiro atoms. The van der Waals surface area contributed by atoms with Crippen LogP contribution in [0, 0.1) is 0 Å². The van der Waals surface area contributed by atoms with Crippen LogP contribution >= 0.6 is 11.6 Å². The molecule has 0 aromatic heterocycles. The first-order chi connectivity index (χ1) is 8.17. The molecule has 0 radical (unpaired) electrons. The number of rotatable bonds is 5. The Labute approximate surface area is 108 Å². The van der Waals surface area contributed by atoms with E-state index in [1.54, 1.807) is 7.11 Å². The average molecular weight is 254 g/mol. The van der Waals surface area contributed by atoms with E-state index in [1.165, 1.54) is 5.56 Å². The molecular formula is C14H20ClNO. The van der Waals surface area contributed by atoms with Crippen molar-refractivity contribution < 1.29 is 4.74 Å². The van der Waals surface area contributed by atoms with Gasteiger partial charge in [-0.1, -0.05) is 23.7 Å². The van der Waals surface area contributed by atoms with Crippen LogP contribution in [-0.4, -0.2) is 25.3 Å². The van der Waals surface area contributed by atoms with Crippen LogP contribution in [0.2, 0.25) is 5.02 Å². The smallest absolute Gasteiger partial charge is 0.0601 e. The van der Waals surface area contributed by atoms with E-state index in [-0.39, 0.29) is 0 Å². The van der Waals surface area contributed by atoms with Gasteiger partial charge in [0.1, 0.15) is 0 Å².